The lowest BCUT2D eigenvalue weighted by atomic mass is 10.2. The van der Waals surface area contributed by atoms with Gasteiger partial charge >= 0.3 is 0 Å². The molecule has 2 aromatic rings. The molecular weight excluding hydrogens is 366 g/mol. The van der Waals surface area contributed by atoms with Crippen molar-refractivity contribution in [3.63, 3.8) is 0 Å². The molecule has 0 aliphatic rings. The number of hydrogen-bond acceptors (Lipinski definition) is 5. The van der Waals surface area contributed by atoms with Crippen LogP contribution in [0.25, 0.3) is 0 Å². The third kappa shape index (κ3) is 6.92. The van der Waals surface area contributed by atoms with Gasteiger partial charge in [-0.05, 0) is 48.7 Å². The fourth-order valence-electron chi connectivity index (χ4n) is 1.79. The lowest BCUT2D eigenvalue weighted by Crippen LogP contribution is -2.25. The van der Waals surface area contributed by atoms with Crippen molar-refractivity contribution in [1.29, 1.82) is 0 Å². The van der Waals surface area contributed by atoms with E-state index >= 15 is 0 Å². The van der Waals surface area contributed by atoms with E-state index in [-0.39, 0.29) is 24.2 Å². The van der Waals surface area contributed by atoms with Crippen LogP contribution < -0.4 is 16.4 Å². The van der Waals surface area contributed by atoms with Gasteiger partial charge in [0.2, 0.25) is 5.91 Å². The third-order valence-electron chi connectivity index (χ3n) is 2.94. The van der Waals surface area contributed by atoms with Gasteiger partial charge in [0.05, 0.1) is 9.96 Å². The molecule has 130 valence electrons. The molecule has 2 amide bonds. The Balaban J connectivity index is 0.00000288. The maximum Gasteiger partial charge on any atom is 0.251 e. The first kappa shape index (κ1) is 20.5. The number of thioether (sulfide) groups is 1. The maximum absolute atomic E-state index is 11.9. The van der Waals surface area contributed by atoms with Crippen LogP contribution in [0.2, 0.25) is 0 Å². The Hall–Kier alpha value is -1.54. The number of carbonyl (C=O) groups excluding carboxylic acids is 2. The molecular formula is C16H20ClN3O2S2. The molecule has 2 rings (SSSR count). The summed E-state index contributed by atoms with van der Waals surface area (Å²) in [4.78, 5) is 23.7. The largest absolute Gasteiger partial charge is 0.352 e. The second kappa shape index (κ2) is 11.1. The fraction of sp³-hybridized carbons (Fsp3) is 0.250. The van der Waals surface area contributed by atoms with Gasteiger partial charge < -0.3 is 16.4 Å². The number of amides is 2. The van der Waals surface area contributed by atoms with Crippen LogP contribution >= 0.6 is 35.5 Å². The van der Waals surface area contributed by atoms with E-state index in [0.29, 0.717) is 30.1 Å². The number of thiophene rings is 1. The van der Waals surface area contributed by atoms with Gasteiger partial charge in [0, 0.05) is 17.8 Å². The van der Waals surface area contributed by atoms with E-state index in [4.69, 9.17) is 5.73 Å². The number of halogens is 1. The molecule has 0 aliphatic heterocycles. The second-order valence-corrected chi connectivity index (χ2v) is 6.97. The zero-order chi connectivity index (χ0) is 16.5. The van der Waals surface area contributed by atoms with E-state index < -0.39 is 0 Å². The van der Waals surface area contributed by atoms with Crippen LogP contribution in [0.3, 0.4) is 0 Å². The topological polar surface area (TPSA) is 84.2 Å². The smallest absolute Gasteiger partial charge is 0.251 e. The summed E-state index contributed by atoms with van der Waals surface area (Å²) in [6.07, 6.45) is 0.752. The number of anilines is 1. The summed E-state index contributed by atoms with van der Waals surface area (Å²) in [5.74, 6) is 0.162. The van der Waals surface area contributed by atoms with Crippen LogP contribution in [-0.4, -0.2) is 30.7 Å². The monoisotopic (exact) mass is 385 g/mol. The molecule has 0 bridgehead atoms. The second-order valence-electron chi connectivity index (χ2n) is 4.74. The zero-order valence-electron chi connectivity index (χ0n) is 13.0. The number of carbonyl (C=O) groups is 2. The molecule has 1 aromatic heterocycles. The Morgan fingerprint density at radius 2 is 1.92 bits per heavy atom. The van der Waals surface area contributed by atoms with Crippen LogP contribution in [0.15, 0.2) is 46.0 Å². The molecule has 0 fully saturated rings. The minimum Gasteiger partial charge on any atom is -0.352 e. The summed E-state index contributed by atoms with van der Waals surface area (Å²) >= 11 is 3.12. The highest BCUT2D eigenvalue weighted by atomic mass is 35.5. The Bertz CT molecular complexity index is 633. The van der Waals surface area contributed by atoms with Crippen LogP contribution in [0.1, 0.15) is 16.8 Å². The SMILES string of the molecule is Cl.NCCCNC(=O)c1ccc(NC(=O)CSc2cccs2)cc1. The van der Waals surface area contributed by atoms with Crippen LogP contribution in [-0.2, 0) is 4.79 Å². The average molecular weight is 386 g/mol. The highest BCUT2D eigenvalue weighted by Gasteiger charge is 2.07. The van der Waals surface area contributed by atoms with Crippen LogP contribution in [0.5, 0.6) is 0 Å². The third-order valence-corrected chi connectivity index (χ3v) is 5.07. The number of nitrogens with two attached hydrogens (primary N) is 1. The number of benzene rings is 1. The molecule has 0 aliphatic carbocycles. The lowest BCUT2D eigenvalue weighted by molar-refractivity contribution is -0.113. The first-order chi connectivity index (χ1) is 11.2. The molecule has 5 nitrogen and oxygen atoms in total. The molecule has 1 aromatic carbocycles. The molecule has 0 spiro atoms. The minimum atomic E-state index is -0.135. The van der Waals surface area contributed by atoms with Gasteiger partial charge in [0.25, 0.3) is 5.91 Å². The zero-order valence-corrected chi connectivity index (χ0v) is 15.4. The molecule has 0 saturated carbocycles. The van der Waals surface area contributed by atoms with Gasteiger partial charge in [-0.2, -0.15) is 0 Å². The fourth-order valence-corrected chi connectivity index (χ4v) is 3.37. The molecule has 24 heavy (non-hydrogen) atoms. The predicted molar refractivity (Wildman–Crippen MR) is 103 cm³/mol. The van der Waals surface area contributed by atoms with E-state index in [0.717, 1.165) is 10.6 Å². The molecule has 1 heterocycles. The molecule has 0 radical (unpaired) electrons. The summed E-state index contributed by atoms with van der Waals surface area (Å²) < 4.78 is 1.12. The molecule has 0 atom stereocenters. The maximum atomic E-state index is 11.9. The predicted octanol–water partition coefficient (Wildman–Crippen LogP) is 2.98. The van der Waals surface area contributed by atoms with Crippen molar-refractivity contribution in [2.75, 3.05) is 24.2 Å². The van der Waals surface area contributed by atoms with Crippen molar-refractivity contribution in [3.05, 3.63) is 47.3 Å². The Labute approximate surface area is 155 Å². The lowest BCUT2D eigenvalue weighted by Gasteiger charge is -2.07. The molecule has 0 unspecified atom stereocenters. The van der Waals surface area contributed by atoms with Crippen molar-refractivity contribution in [2.45, 2.75) is 10.6 Å². The summed E-state index contributed by atoms with van der Waals surface area (Å²) in [6, 6.07) is 10.8. The highest BCUT2D eigenvalue weighted by molar-refractivity contribution is 8.01. The molecule has 0 saturated heterocycles. The average Bonchev–Trinajstić information content (AvgIpc) is 3.07. The van der Waals surface area contributed by atoms with Crippen molar-refractivity contribution >= 4 is 53.0 Å². The summed E-state index contributed by atoms with van der Waals surface area (Å²) in [5, 5.41) is 7.59. The van der Waals surface area contributed by atoms with Gasteiger partial charge in [0.1, 0.15) is 0 Å². The summed E-state index contributed by atoms with van der Waals surface area (Å²) in [5.41, 5.74) is 6.63. The van der Waals surface area contributed by atoms with Crippen molar-refractivity contribution in [3.8, 4) is 0 Å². The Morgan fingerprint density at radius 3 is 2.54 bits per heavy atom. The summed E-state index contributed by atoms with van der Waals surface area (Å²) in [7, 11) is 0. The minimum absolute atomic E-state index is 0. The van der Waals surface area contributed by atoms with E-state index in [1.165, 1.54) is 11.8 Å². The van der Waals surface area contributed by atoms with Gasteiger partial charge in [-0.25, -0.2) is 0 Å². The van der Waals surface area contributed by atoms with Gasteiger partial charge in [-0.1, -0.05) is 6.07 Å². The number of rotatable bonds is 8. The first-order valence-electron chi connectivity index (χ1n) is 7.23. The van der Waals surface area contributed by atoms with Crippen molar-refractivity contribution in [1.82, 2.24) is 5.32 Å². The Morgan fingerprint density at radius 1 is 1.17 bits per heavy atom. The van der Waals surface area contributed by atoms with E-state index in [1.54, 1.807) is 35.6 Å². The van der Waals surface area contributed by atoms with E-state index in [9.17, 15) is 9.59 Å². The van der Waals surface area contributed by atoms with Gasteiger partial charge in [-0.3, -0.25) is 9.59 Å². The Kier molecular flexibility index (Phi) is 9.48. The van der Waals surface area contributed by atoms with Gasteiger partial charge in [0.15, 0.2) is 0 Å². The van der Waals surface area contributed by atoms with Crippen molar-refractivity contribution in [2.24, 2.45) is 5.73 Å². The normalized spacial score (nSPS) is 9.88. The highest BCUT2D eigenvalue weighted by Crippen LogP contribution is 2.23. The van der Waals surface area contributed by atoms with Crippen LogP contribution in [0.4, 0.5) is 5.69 Å². The number of hydrogen-bond donors (Lipinski definition) is 3. The quantitative estimate of drug-likeness (QED) is 0.481. The molecule has 8 heteroatoms. The standard InChI is InChI=1S/C16H19N3O2S2.ClH/c17-8-2-9-18-16(21)12-4-6-13(7-5-12)19-14(20)11-23-15-3-1-10-22-15;/h1,3-7,10H,2,8-9,11,17H2,(H,18,21)(H,19,20);1H. The van der Waals surface area contributed by atoms with Crippen LogP contribution in [0, 0.1) is 0 Å². The van der Waals surface area contributed by atoms with E-state index in [1.807, 2.05) is 17.5 Å². The van der Waals surface area contributed by atoms with Gasteiger partial charge in [-0.15, -0.1) is 35.5 Å². The van der Waals surface area contributed by atoms with E-state index in [2.05, 4.69) is 10.6 Å². The number of nitrogens with one attached hydrogen (secondary N) is 2. The first-order valence-corrected chi connectivity index (χ1v) is 9.10. The summed E-state index contributed by atoms with van der Waals surface area (Å²) in [6.45, 7) is 1.11. The van der Waals surface area contributed by atoms with Crippen molar-refractivity contribution < 1.29 is 9.59 Å². The molecule has 4 N–H and O–H groups in total.